The van der Waals surface area contributed by atoms with Crippen molar-refractivity contribution in [2.24, 2.45) is 16.7 Å². The first kappa shape index (κ1) is 17.8. The Bertz CT molecular complexity index is 881. The summed E-state index contributed by atoms with van der Waals surface area (Å²) >= 11 is 0. The Morgan fingerprint density at radius 2 is 1.84 bits per heavy atom. The lowest BCUT2D eigenvalue weighted by Crippen LogP contribution is -2.56. The number of piperidine rings is 1. The molecular formula is C19H22N2O3S. The molecule has 132 valence electrons. The van der Waals surface area contributed by atoms with Crippen molar-refractivity contribution in [3.8, 4) is 6.07 Å². The molecular weight excluding hydrogens is 336 g/mol. The van der Waals surface area contributed by atoms with Crippen LogP contribution in [-0.4, -0.2) is 31.6 Å². The van der Waals surface area contributed by atoms with Crippen LogP contribution in [0.1, 0.15) is 27.2 Å². The number of nitriles is 1. The van der Waals surface area contributed by atoms with Crippen LogP contribution in [0.25, 0.3) is 0 Å². The Morgan fingerprint density at radius 3 is 2.44 bits per heavy atom. The van der Waals surface area contributed by atoms with Crippen molar-refractivity contribution in [2.45, 2.75) is 32.1 Å². The molecule has 2 aliphatic rings. The van der Waals surface area contributed by atoms with Crippen molar-refractivity contribution < 1.29 is 13.2 Å². The number of rotatable bonds is 2. The summed E-state index contributed by atoms with van der Waals surface area (Å²) in [6.07, 6.45) is 2.29. The molecule has 3 rings (SSSR count). The molecule has 0 aromatic heterocycles. The van der Waals surface area contributed by atoms with E-state index >= 15 is 0 Å². The van der Waals surface area contributed by atoms with Gasteiger partial charge in [-0.2, -0.15) is 9.57 Å². The Morgan fingerprint density at radius 1 is 1.20 bits per heavy atom. The second-order valence-corrected chi connectivity index (χ2v) is 9.66. The van der Waals surface area contributed by atoms with Crippen molar-refractivity contribution >= 4 is 15.8 Å². The predicted octanol–water partition coefficient (Wildman–Crippen LogP) is 2.76. The monoisotopic (exact) mass is 358 g/mol. The summed E-state index contributed by atoms with van der Waals surface area (Å²) in [5, 5.41) is 9.33. The van der Waals surface area contributed by atoms with Crippen LogP contribution in [0.2, 0.25) is 0 Å². The highest BCUT2D eigenvalue weighted by Gasteiger charge is 2.54. The zero-order valence-electron chi connectivity index (χ0n) is 14.7. The van der Waals surface area contributed by atoms with Crippen molar-refractivity contribution in [2.75, 3.05) is 13.1 Å². The molecule has 0 spiro atoms. The van der Waals surface area contributed by atoms with Gasteiger partial charge in [-0.3, -0.25) is 4.79 Å². The maximum Gasteiger partial charge on any atom is 0.243 e. The van der Waals surface area contributed by atoms with Crippen molar-refractivity contribution in [3.05, 3.63) is 42.0 Å². The minimum absolute atomic E-state index is 0.00632. The lowest BCUT2D eigenvalue weighted by Gasteiger charge is -2.52. The highest BCUT2D eigenvalue weighted by atomic mass is 32.2. The smallest absolute Gasteiger partial charge is 0.243 e. The van der Waals surface area contributed by atoms with Crippen LogP contribution in [0, 0.1) is 28.1 Å². The van der Waals surface area contributed by atoms with Gasteiger partial charge in [0.2, 0.25) is 10.0 Å². The van der Waals surface area contributed by atoms with Gasteiger partial charge in [-0.25, -0.2) is 8.42 Å². The molecule has 0 N–H and O–H groups in total. The van der Waals surface area contributed by atoms with Gasteiger partial charge in [-0.15, -0.1) is 0 Å². The first-order chi connectivity index (χ1) is 11.6. The van der Waals surface area contributed by atoms with Crippen LogP contribution in [0.3, 0.4) is 0 Å². The van der Waals surface area contributed by atoms with Gasteiger partial charge < -0.3 is 0 Å². The second kappa shape index (κ2) is 5.79. The van der Waals surface area contributed by atoms with Crippen LogP contribution in [0.4, 0.5) is 0 Å². The topological polar surface area (TPSA) is 78.2 Å². The predicted molar refractivity (Wildman–Crippen MR) is 93.9 cm³/mol. The lowest BCUT2D eigenvalue weighted by molar-refractivity contribution is -0.131. The van der Waals surface area contributed by atoms with E-state index < -0.39 is 20.9 Å². The average Bonchev–Trinajstić information content (AvgIpc) is 2.58. The normalized spacial score (nSPS) is 29.4. The van der Waals surface area contributed by atoms with Gasteiger partial charge in [0.15, 0.2) is 5.78 Å². The van der Waals surface area contributed by atoms with Gasteiger partial charge in [0.25, 0.3) is 0 Å². The molecule has 6 heteroatoms. The van der Waals surface area contributed by atoms with Gasteiger partial charge in [0.05, 0.1) is 10.5 Å². The molecule has 0 saturated carbocycles. The molecule has 1 unspecified atom stereocenters. The number of nitrogens with zero attached hydrogens (tertiary/aromatic N) is 2. The molecule has 1 aromatic rings. The number of carbonyl (C=O) groups is 1. The zero-order chi connectivity index (χ0) is 18.5. The standard InChI is InChI=1S/C19H22N2O3S/c1-18(2)16-9-10-21(25(23,24)15-7-5-4-6-8-15)13-19(16,3)11-14(12-20)17(18)22/h4-8,11,16H,9-10,13H2,1-3H3/t16?,19-/m0/s1. The van der Waals surface area contributed by atoms with Crippen molar-refractivity contribution in [1.82, 2.24) is 4.31 Å². The average molecular weight is 358 g/mol. The first-order valence-electron chi connectivity index (χ1n) is 8.36. The van der Waals surface area contributed by atoms with Crippen LogP contribution >= 0.6 is 0 Å². The number of allylic oxidation sites excluding steroid dienone is 1. The maximum atomic E-state index is 13.0. The molecule has 0 bridgehead atoms. The van der Waals surface area contributed by atoms with Crippen molar-refractivity contribution in [1.29, 1.82) is 5.26 Å². The quantitative estimate of drug-likeness (QED) is 0.814. The number of hydrogen-bond donors (Lipinski definition) is 0. The summed E-state index contributed by atoms with van der Waals surface area (Å²) < 4.78 is 27.4. The number of benzene rings is 1. The molecule has 25 heavy (non-hydrogen) atoms. The van der Waals surface area contributed by atoms with E-state index in [0.29, 0.717) is 13.0 Å². The highest BCUT2D eigenvalue weighted by Crippen LogP contribution is 2.52. The number of ketones is 1. The first-order valence-corrected chi connectivity index (χ1v) is 9.80. The highest BCUT2D eigenvalue weighted by molar-refractivity contribution is 7.89. The third kappa shape index (κ3) is 2.72. The molecule has 0 amide bonds. The van der Waals surface area contributed by atoms with Gasteiger partial charge >= 0.3 is 0 Å². The largest absolute Gasteiger partial charge is 0.293 e. The Labute approximate surface area is 149 Å². The number of carbonyl (C=O) groups excluding carboxylic acids is 1. The molecule has 1 saturated heterocycles. The molecule has 1 aromatic carbocycles. The number of sulfonamides is 1. The summed E-state index contributed by atoms with van der Waals surface area (Å²) in [6.45, 7) is 6.34. The summed E-state index contributed by atoms with van der Waals surface area (Å²) in [4.78, 5) is 12.8. The number of fused-ring (bicyclic) bond motifs is 1. The molecule has 5 nitrogen and oxygen atoms in total. The fourth-order valence-electron chi connectivity index (χ4n) is 4.43. The molecule has 1 heterocycles. The van der Waals surface area contributed by atoms with Crippen LogP contribution in [0.5, 0.6) is 0 Å². The third-order valence-corrected chi connectivity index (χ3v) is 7.52. The van der Waals surface area contributed by atoms with Gasteiger partial charge in [0.1, 0.15) is 6.07 Å². The van der Waals surface area contributed by atoms with Crippen molar-refractivity contribution in [3.63, 3.8) is 0 Å². The summed E-state index contributed by atoms with van der Waals surface area (Å²) in [7, 11) is -3.59. The third-order valence-electron chi connectivity index (χ3n) is 5.66. The summed E-state index contributed by atoms with van der Waals surface area (Å²) in [5.74, 6) is -0.135. The maximum absolute atomic E-state index is 13.0. The van der Waals surface area contributed by atoms with E-state index in [4.69, 9.17) is 0 Å². The fourth-order valence-corrected chi connectivity index (χ4v) is 6.03. The van der Waals surface area contributed by atoms with E-state index in [1.54, 1.807) is 36.4 Å². The molecule has 0 radical (unpaired) electrons. The Hall–Kier alpha value is -1.97. The molecule has 1 aliphatic carbocycles. The van der Waals surface area contributed by atoms with E-state index in [0.717, 1.165) is 0 Å². The lowest BCUT2D eigenvalue weighted by atomic mass is 9.55. The van der Waals surface area contributed by atoms with E-state index in [1.165, 1.54) is 4.31 Å². The molecule has 2 atom stereocenters. The SMILES string of the molecule is CC1(C)C(=O)C(C#N)=C[C@@]2(C)CN(S(=O)(=O)c3ccccc3)CCC12. The fraction of sp³-hybridized carbons (Fsp3) is 0.474. The second-order valence-electron chi connectivity index (χ2n) is 7.72. The number of Topliss-reactive ketones (excluding diaryl/α,β-unsaturated/α-hetero) is 1. The Kier molecular flexibility index (Phi) is 4.13. The summed E-state index contributed by atoms with van der Waals surface area (Å²) in [6, 6.07) is 10.4. The summed E-state index contributed by atoms with van der Waals surface area (Å²) in [5.41, 5.74) is -1.07. The Balaban J connectivity index is 2.01. The number of hydrogen-bond acceptors (Lipinski definition) is 4. The van der Waals surface area contributed by atoms with E-state index in [9.17, 15) is 18.5 Å². The minimum Gasteiger partial charge on any atom is -0.293 e. The molecule has 1 aliphatic heterocycles. The van der Waals surface area contributed by atoms with Gasteiger partial charge in [-0.1, -0.05) is 45.0 Å². The van der Waals surface area contributed by atoms with E-state index in [1.807, 2.05) is 26.8 Å². The van der Waals surface area contributed by atoms with Crippen LogP contribution in [-0.2, 0) is 14.8 Å². The van der Waals surface area contributed by atoms with Gasteiger partial charge in [0, 0.05) is 23.9 Å². The van der Waals surface area contributed by atoms with Gasteiger partial charge in [-0.05, 0) is 24.5 Å². The van der Waals surface area contributed by atoms with E-state index in [-0.39, 0.29) is 28.7 Å². The van der Waals surface area contributed by atoms with Crippen LogP contribution < -0.4 is 0 Å². The molecule has 1 fully saturated rings. The van der Waals surface area contributed by atoms with E-state index in [2.05, 4.69) is 0 Å². The minimum atomic E-state index is -3.59. The zero-order valence-corrected chi connectivity index (χ0v) is 15.5. The van der Waals surface area contributed by atoms with Crippen LogP contribution in [0.15, 0.2) is 46.9 Å².